The summed E-state index contributed by atoms with van der Waals surface area (Å²) < 4.78 is 1.93. The Balaban J connectivity index is 2.69. The maximum atomic E-state index is 4.52. The van der Waals surface area contributed by atoms with E-state index >= 15 is 0 Å². The van der Waals surface area contributed by atoms with E-state index in [2.05, 4.69) is 36.9 Å². The van der Waals surface area contributed by atoms with Crippen LogP contribution in [-0.2, 0) is 13.5 Å². The molecule has 2 rings (SSSR count). The van der Waals surface area contributed by atoms with Crippen molar-refractivity contribution in [2.24, 2.45) is 7.05 Å². The highest BCUT2D eigenvalue weighted by atomic mass is 15.3. The maximum Gasteiger partial charge on any atom is 0.112 e. The number of pyridine rings is 1. The fourth-order valence-corrected chi connectivity index (χ4v) is 1.78. The van der Waals surface area contributed by atoms with E-state index in [-0.39, 0.29) is 0 Å². The van der Waals surface area contributed by atoms with E-state index in [0.717, 1.165) is 23.1 Å². The van der Waals surface area contributed by atoms with Crippen molar-refractivity contribution in [2.45, 2.75) is 33.1 Å². The Hall–Kier alpha value is -1.38. The third-order valence-corrected chi connectivity index (χ3v) is 2.73. The molecular weight excluding hydrogens is 186 g/mol. The Labute approximate surface area is 90.1 Å². The summed E-state index contributed by atoms with van der Waals surface area (Å²) >= 11 is 0. The lowest BCUT2D eigenvalue weighted by Crippen LogP contribution is -1.93. The van der Waals surface area contributed by atoms with Gasteiger partial charge in [-0.3, -0.25) is 9.67 Å². The van der Waals surface area contributed by atoms with Crippen molar-refractivity contribution in [2.75, 3.05) is 0 Å². The molecule has 0 atom stereocenters. The fourth-order valence-electron chi connectivity index (χ4n) is 1.78. The molecule has 0 aromatic carbocycles. The molecule has 0 spiro atoms. The molecule has 3 nitrogen and oxygen atoms in total. The minimum Gasteiger partial charge on any atom is -0.266 e. The minimum absolute atomic E-state index is 0.425. The highest BCUT2D eigenvalue weighted by Gasteiger charge is 2.12. The molecule has 2 aromatic heterocycles. The summed E-state index contributed by atoms with van der Waals surface area (Å²) in [4.78, 5) is 4.51. The molecule has 0 aliphatic carbocycles. The molecule has 80 valence electrons. The zero-order valence-electron chi connectivity index (χ0n) is 9.78. The highest BCUT2D eigenvalue weighted by molar-refractivity contribution is 5.78. The van der Waals surface area contributed by atoms with Crippen molar-refractivity contribution >= 4 is 11.0 Å². The van der Waals surface area contributed by atoms with Crippen molar-refractivity contribution in [3.63, 3.8) is 0 Å². The molecule has 0 aliphatic rings. The summed E-state index contributed by atoms with van der Waals surface area (Å²) in [6.07, 6.45) is 2.97. The van der Waals surface area contributed by atoms with Gasteiger partial charge in [-0.15, -0.1) is 0 Å². The van der Waals surface area contributed by atoms with E-state index in [1.807, 2.05) is 17.9 Å². The first-order valence-corrected chi connectivity index (χ1v) is 5.45. The molecule has 2 heterocycles. The Bertz CT molecular complexity index is 483. The average Bonchev–Trinajstić information content (AvgIpc) is 2.56. The van der Waals surface area contributed by atoms with Gasteiger partial charge in [0.05, 0.1) is 11.2 Å². The van der Waals surface area contributed by atoms with Crippen LogP contribution >= 0.6 is 0 Å². The number of aromatic nitrogens is 3. The predicted molar refractivity (Wildman–Crippen MR) is 62.0 cm³/mol. The first-order valence-electron chi connectivity index (χ1n) is 5.45. The van der Waals surface area contributed by atoms with E-state index in [4.69, 9.17) is 0 Å². The summed E-state index contributed by atoms with van der Waals surface area (Å²) in [6.45, 7) is 6.44. The zero-order chi connectivity index (χ0) is 11.0. The maximum absolute atomic E-state index is 4.52. The van der Waals surface area contributed by atoms with Gasteiger partial charge >= 0.3 is 0 Å². The van der Waals surface area contributed by atoms with Crippen LogP contribution in [0.3, 0.4) is 0 Å². The quantitative estimate of drug-likeness (QED) is 0.751. The van der Waals surface area contributed by atoms with Gasteiger partial charge in [0.25, 0.3) is 0 Å². The molecule has 0 fully saturated rings. The molecular formula is C12H17N3. The second-order valence-electron chi connectivity index (χ2n) is 4.23. The van der Waals surface area contributed by atoms with Crippen molar-refractivity contribution in [3.8, 4) is 0 Å². The SMILES string of the molecule is CCc1cnc2c(C(C)C)nn(C)c2c1. The highest BCUT2D eigenvalue weighted by Crippen LogP contribution is 2.22. The molecule has 0 amide bonds. The van der Waals surface area contributed by atoms with E-state index in [1.165, 1.54) is 5.56 Å². The van der Waals surface area contributed by atoms with Gasteiger partial charge in [-0.2, -0.15) is 5.10 Å². The molecule has 0 unspecified atom stereocenters. The van der Waals surface area contributed by atoms with Crippen molar-refractivity contribution < 1.29 is 0 Å². The molecule has 0 aliphatic heterocycles. The van der Waals surface area contributed by atoms with Gasteiger partial charge in [0.1, 0.15) is 5.52 Å². The summed E-state index contributed by atoms with van der Waals surface area (Å²) in [5, 5.41) is 4.52. The van der Waals surface area contributed by atoms with E-state index in [9.17, 15) is 0 Å². The Morgan fingerprint density at radius 1 is 1.40 bits per heavy atom. The van der Waals surface area contributed by atoms with Crippen LogP contribution in [0.4, 0.5) is 0 Å². The standard InChI is InChI=1S/C12H17N3/c1-5-9-6-10-12(13-7-9)11(8(2)3)14-15(10)4/h6-8H,5H2,1-4H3. The van der Waals surface area contributed by atoms with Crippen LogP contribution in [0.25, 0.3) is 11.0 Å². The van der Waals surface area contributed by atoms with Crippen LogP contribution < -0.4 is 0 Å². The molecule has 0 radical (unpaired) electrons. The Morgan fingerprint density at radius 3 is 2.73 bits per heavy atom. The number of hydrogen-bond acceptors (Lipinski definition) is 2. The number of hydrogen-bond donors (Lipinski definition) is 0. The molecule has 0 bridgehead atoms. The third kappa shape index (κ3) is 1.62. The third-order valence-electron chi connectivity index (χ3n) is 2.73. The summed E-state index contributed by atoms with van der Waals surface area (Å²) in [7, 11) is 1.98. The second kappa shape index (κ2) is 3.65. The van der Waals surface area contributed by atoms with Gasteiger partial charge in [-0.1, -0.05) is 20.8 Å². The van der Waals surface area contributed by atoms with Crippen LogP contribution in [0.1, 0.15) is 37.9 Å². The van der Waals surface area contributed by atoms with Crippen LogP contribution in [0.15, 0.2) is 12.3 Å². The minimum atomic E-state index is 0.425. The van der Waals surface area contributed by atoms with Gasteiger partial charge in [-0.05, 0) is 24.0 Å². The fraction of sp³-hybridized carbons (Fsp3) is 0.500. The molecule has 0 saturated carbocycles. The predicted octanol–water partition coefficient (Wildman–Crippen LogP) is 2.65. The molecule has 2 aromatic rings. The van der Waals surface area contributed by atoms with Crippen molar-refractivity contribution in [1.29, 1.82) is 0 Å². The van der Waals surface area contributed by atoms with E-state index in [0.29, 0.717) is 5.92 Å². The lowest BCUT2D eigenvalue weighted by Gasteiger charge is -1.99. The van der Waals surface area contributed by atoms with Crippen LogP contribution in [0.2, 0.25) is 0 Å². The van der Waals surface area contributed by atoms with Gasteiger partial charge in [0, 0.05) is 13.2 Å². The van der Waals surface area contributed by atoms with Crippen LogP contribution in [-0.4, -0.2) is 14.8 Å². The summed E-state index contributed by atoms with van der Waals surface area (Å²) in [5.41, 5.74) is 4.54. The van der Waals surface area contributed by atoms with Gasteiger partial charge in [0.15, 0.2) is 0 Å². The largest absolute Gasteiger partial charge is 0.266 e. The average molecular weight is 203 g/mol. The number of fused-ring (bicyclic) bond motifs is 1. The number of nitrogens with zero attached hydrogens (tertiary/aromatic N) is 3. The van der Waals surface area contributed by atoms with Crippen molar-refractivity contribution in [3.05, 3.63) is 23.5 Å². The molecule has 15 heavy (non-hydrogen) atoms. The smallest absolute Gasteiger partial charge is 0.112 e. The molecule has 0 saturated heterocycles. The number of rotatable bonds is 2. The normalized spacial score (nSPS) is 11.5. The number of aryl methyl sites for hydroxylation is 2. The van der Waals surface area contributed by atoms with Gasteiger partial charge in [0.2, 0.25) is 0 Å². The molecule has 0 N–H and O–H groups in total. The monoisotopic (exact) mass is 203 g/mol. The molecule has 3 heteroatoms. The Morgan fingerprint density at radius 2 is 2.13 bits per heavy atom. The van der Waals surface area contributed by atoms with Crippen LogP contribution in [0, 0.1) is 0 Å². The second-order valence-corrected chi connectivity index (χ2v) is 4.23. The lowest BCUT2D eigenvalue weighted by molar-refractivity contribution is 0.728. The van der Waals surface area contributed by atoms with Gasteiger partial charge in [-0.25, -0.2) is 0 Å². The van der Waals surface area contributed by atoms with Crippen LogP contribution in [0.5, 0.6) is 0 Å². The van der Waals surface area contributed by atoms with Gasteiger partial charge < -0.3 is 0 Å². The first kappa shape index (κ1) is 10.1. The van der Waals surface area contributed by atoms with E-state index in [1.54, 1.807) is 0 Å². The first-order chi connectivity index (χ1) is 7.13. The topological polar surface area (TPSA) is 30.7 Å². The van der Waals surface area contributed by atoms with Crippen molar-refractivity contribution in [1.82, 2.24) is 14.8 Å². The summed E-state index contributed by atoms with van der Waals surface area (Å²) in [5.74, 6) is 0.425. The zero-order valence-corrected chi connectivity index (χ0v) is 9.78. The summed E-state index contributed by atoms with van der Waals surface area (Å²) in [6, 6.07) is 2.18. The lowest BCUT2D eigenvalue weighted by atomic mass is 10.1. The van der Waals surface area contributed by atoms with E-state index < -0.39 is 0 Å². The Kier molecular flexibility index (Phi) is 2.47.